The molecule has 2 unspecified atom stereocenters. The van der Waals surface area contributed by atoms with Crippen molar-refractivity contribution in [1.82, 2.24) is 10.6 Å². The molecule has 0 spiro atoms. The normalized spacial score (nSPS) is 13.4. The van der Waals surface area contributed by atoms with Gasteiger partial charge in [0.05, 0.1) is 25.7 Å². The highest BCUT2D eigenvalue weighted by Crippen LogP contribution is 2.40. The molecule has 0 saturated carbocycles. The molecule has 7 nitrogen and oxygen atoms in total. The fraction of sp³-hybridized carbons (Fsp3) is 0.457. The summed E-state index contributed by atoms with van der Waals surface area (Å²) in [5.74, 6) is 0.851. The molecule has 0 bridgehead atoms. The van der Waals surface area contributed by atoms with Gasteiger partial charge in [0.25, 0.3) is 0 Å². The molecule has 0 aliphatic carbocycles. The molecule has 43 heavy (non-hydrogen) atoms. The van der Waals surface area contributed by atoms with E-state index in [9.17, 15) is 15.0 Å². The van der Waals surface area contributed by atoms with Crippen molar-refractivity contribution in [3.8, 4) is 11.5 Å². The van der Waals surface area contributed by atoms with Crippen LogP contribution in [0.5, 0.6) is 11.5 Å². The number of aliphatic hydroxyl groups is 1. The molecule has 3 aromatic rings. The van der Waals surface area contributed by atoms with Crippen LogP contribution in [0.3, 0.4) is 0 Å². The van der Waals surface area contributed by atoms with E-state index in [1.54, 1.807) is 6.07 Å². The Kier molecular flexibility index (Phi) is 12.4. The van der Waals surface area contributed by atoms with E-state index >= 15 is 0 Å². The zero-order valence-electron chi connectivity index (χ0n) is 26.9. The van der Waals surface area contributed by atoms with Gasteiger partial charge < -0.3 is 30.0 Å². The summed E-state index contributed by atoms with van der Waals surface area (Å²) in [7, 11) is -2.11. The number of aromatic hydroxyl groups is 1. The second-order valence-electron chi connectivity index (χ2n) is 12.7. The van der Waals surface area contributed by atoms with E-state index in [0.717, 1.165) is 34.4 Å². The molecule has 8 heteroatoms. The number of nitrogens with one attached hydrogen (secondary N) is 2. The predicted octanol–water partition coefficient (Wildman–Crippen LogP) is 6.43. The van der Waals surface area contributed by atoms with Gasteiger partial charge in [0, 0.05) is 30.3 Å². The molecular formula is C35H50N2O5Si. The molecule has 234 valence electrons. The van der Waals surface area contributed by atoms with Gasteiger partial charge in [0.15, 0.2) is 8.32 Å². The van der Waals surface area contributed by atoms with Crippen LogP contribution in [0.1, 0.15) is 68.5 Å². The first kappa shape index (κ1) is 34.3. The number of amides is 1. The summed E-state index contributed by atoms with van der Waals surface area (Å²) in [5, 5.41) is 26.5. The molecule has 3 rings (SSSR count). The van der Waals surface area contributed by atoms with E-state index in [4.69, 9.17) is 9.16 Å². The van der Waals surface area contributed by atoms with Gasteiger partial charge in [-0.3, -0.25) is 4.79 Å². The van der Waals surface area contributed by atoms with Gasteiger partial charge in [-0.25, -0.2) is 0 Å². The average Bonchev–Trinajstić information content (AvgIpc) is 2.95. The topological polar surface area (TPSA) is 100 Å². The molecular weight excluding hydrogens is 556 g/mol. The number of phenols is 1. The second-order valence-corrected chi connectivity index (χ2v) is 17.5. The largest absolute Gasteiger partial charge is 0.508 e. The smallest absolute Gasteiger partial charge is 0.224 e. The molecule has 3 aromatic carbocycles. The molecule has 0 fully saturated rings. The van der Waals surface area contributed by atoms with Gasteiger partial charge in [0.2, 0.25) is 5.91 Å². The maximum absolute atomic E-state index is 12.7. The van der Waals surface area contributed by atoms with Crippen molar-refractivity contribution >= 4 is 14.2 Å². The van der Waals surface area contributed by atoms with Crippen molar-refractivity contribution in [2.75, 3.05) is 13.2 Å². The molecule has 0 heterocycles. The lowest BCUT2D eigenvalue weighted by Gasteiger charge is -2.40. The Labute approximate surface area is 258 Å². The zero-order chi connectivity index (χ0) is 31.6. The molecule has 1 amide bonds. The van der Waals surface area contributed by atoms with E-state index in [-0.39, 0.29) is 35.4 Å². The number of carbonyl (C=O) groups is 1. The van der Waals surface area contributed by atoms with E-state index in [1.807, 2.05) is 55.5 Å². The fourth-order valence-corrected chi connectivity index (χ4v) is 5.97. The van der Waals surface area contributed by atoms with E-state index in [2.05, 4.69) is 63.6 Å². The summed E-state index contributed by atoms with van der Waals surface area (Å²) in [6, 6.07) is 21.4. The van der Waals surface area contributed by atoms with E-state index < -0.39 is 8.32 Å². The number of ether oxygens (including phenoxy) is 1. The maximum Gasteiger partial charge on any atom is 0.224 e. The van der Waals surface area contributed by atoms with Gasteiger partial charge in [0.1, 0.15) is 11.5 Å². The molecule has 2 atom stereocenters. The predicted molar refractivity (Wildman–Crippen MR) is 176 cm³/mol. The molecule has 4 N–H and O–H groups in total. The maximum atomic E-state index is 12.7. The van der Waals surface area contributed by atoms with Crippen LogP contribution in [0.25, 0.3) is 0 Å². The Balaban J connectivity index is 1.62. The minimum Gasteiger partial charge on any atom is -0.508 e. The van der Waals surface area contributed by atoms with Crippen LogP contribution in [-0.2, 0) is 35.2 Å². The van der Waals surface area contributed by atoms with Crippen molar-refractivity contribution in [1.29, 1.82) is 0 Å². The lowest BCUT2D eigenvalue weighted by Crippen LogP contribution is -2.44. The number of para-hydroxylation sites is 1. The molecule has 0 aromatic heterocycles. The minimum absolute atomic E-state index is 0.0311. The fourth-order valence-electron chi connectivity index (χ4n) is 4.68. The van der Waals surface area contributed by atoms with E-state index in [0.29, 0.717) is 31.7 Å². The number of aliphatic hydroxyl groups excluding tert-OH is 1. The van der Waals surface area contributed by atoms with Crippen molar-refractivity contribution in [2.45, 2.75) is 90.9 Å². The van der Waals surface area contributed by atoms with Crippen LogP contribution >= 0.6 is 0 Å². The number of rotatable bonds is 15. The summed E-state index contributed by atoms with van der Waals surface area (Å²) < 4.78 is 12.5. The van der Waals surface area contributed by atoms with E-state index in [1.165, 1.54) is 0 Å². The van der Waals surface area contributed by atoms with Crippen molar-refractivity contribution in [2.24, 2.45) is 0 Å². The van der Waals surface area contributed by atoms with Crippen LogP contribution < -0.4 is 15.4 Å². The highest BCUT2D eigenvalue weighted by atomic mass is 28.4. The van der Waals surface area contributed by atoms with Gasteiger partial charge in [-0.2, -0.15) is 0 Å². The number of benzene rings is 3. The highest BCUT2D eigenvalue weighted by molar-refractivity contribution is 6.74. The quantitative estimate of drug-likeness (QED) is 0.149. The van der Waals surface area contributed by atoms with Crippen LogP contribution in [0.2, 0.25) is 18.1 Å². The third kappa shape index (κ3) is 10.2. The second kappa shape index (κ2) is 15.5. The van der Waals surface area contributed by atoms with Crippen LogP contribution in [-0.4, -0.2) is 43.6 Å². The Morgan fingerprint density at radius 3 is 2.40 bits per heavy atom. The third-order valence-electron chi connectivity index (χ3n) is 8.19. The van der Waals surface area contributed by atoms with Crippen LogP contribution in [0.15, 0.2) is 66.7 Å². The Hall–Kier alpha value is -3.17. The molecule has 0 aliphatic heterocycles. The lowest BCUT2D eigenvalue weighted by atomic mass is 10.0. The van der Waals surface area contributed by atoms with Gasteiger partial charge in [-0.15, -0.1) is 0 Å². The Bertz CT molecular complexity index is 1340. The first-order valence-electron chi connectivity index (χ1n) is 15.2. The Morgan fingerprint density at radius 1 is 0.977 bits per heavy atom. The first-order chi connectivity index (χ1) is 20.3. The molecule has 0 radical (unpaired) electrons. The number of carbonyl (C=O) groups excluding carboxylic acids is 1. The lowest BCUT2D eigenvalue weighted by molar-refractivity contribution is -0.120. The zero-order valence-corrected chi connectivity index (χ0v) is 27.9. The SMILES string of the molecule is CCOc1ccccc1CNC(=O)Cc1cccc(CC(C)NCC(O[Si](C)(C)C(C)(C)C)c2ccc(O)c(CO)c2)c1. The summed E-state index contributed by atoms with van der Waals surface area (Å²) in [5.41, 5.74) is 4.51. The van der Waals surface area contributed by atoms with Gasteiger partial charge in [-0.05, 0) is 73.3 Å². The summed E-state index contributed by atoms with van der Waals surface area (Å²) >= 11 is 0. The average molecular weight is 607 g/mol. The van der Waals surface area contributed by atoms with Crippen molar-refractivity contribution in [3.63, 3.8) is 0 Å². The number of hydrogen-bond acceptors (Lipinski definition) is 6. The highest BCUT2D eigenvalue weighted by Gasteiger charge is 2.39. The monoisotopic (exact) mass is 606 g/mol. The van der Waals surface area contributed by atoms with Crippen LogP contribution in [0.4, 0.5) is 0 Å². The van der Waals surface area contributed by atoms with Gasteiger partial charge in [-0.1, -0.05) is 69.3 Å². The summed E-state index contributed by atoms with van der Waals surface area (Å²) in [6.07, 6.45) is 0.877. The van der Waals surface area contributed by atoms with Crippen LogP contribution in [0, 0.1) is 0 Å². The van der Waals surface area contributed by atoms with Crippen molar-refractivity contribution in [3.05, 3.63) is 94.5 Å². The van der Waals surface area contributed by atoms with Gasteiger partial charge >= 0.3 is 0 Å². The standard InChI is InChI=1S/C35H50N2O5Si/c1-8-41-32-15-10-9-14-29(32)22-37-34(40)20-27-13-11-12-26(19-27)18-25(2)36-23-33(42-43(6,7)35(3,4)5)28-16-17-31(39)30(21-28)24-38/h9-17,19,21,25,33,36,38-39H,8,18,20,22-24H2,1-7H3,(H,37,40). The number of hydrogen-bond donors (Lipinski definition) is 4. The summed E-state index contributed by atoms with van der Waals surface area (Å²) in [4.78, 5) is 12.7. The molecule has 0 aliphatic rings. The minimum atomic E-state index is -2.11. The summed E-state index contributed by atoms with van der Waals surface area (Å²) in [6.45, 7) is 16.6. The van der Waals surface area contributed by atoms with Crippen molar-refractivity contribution < 1.29 is 24.2 Å². The Morgan fingerprint density at radius 2 is 1.70 bits per heavy atom. The molecule has 0 saturated heterocycles. The first-order valence-corrected chi connectivity index (χ1v) is 18.1. The third-order valence-corrected chi connectivity index (χ3v) is 12.7.